The second kappa shape index (κ2) is 10.2. The van der Waals surface area contributed by atoms with Crippen LogP contribution >= 0.6 is 0 Å². The minimum atomic E-state index is -0.566. The molecule has 3 N–H and O–H groups in total. The van der Waals surface area contributed by atoms with Crippen molar-refractivity contribution < 1.29 is 9.18 Å². The number of aryl methyl sites for hydroxylation is 1. The van der Waals surface area contributed by atoms with Crippen molar-refractivity contribution in [2.75, 3.05) is 16.0 Å². The molecule has 9 heteroatoms. The minimum absolute atomic E-state index is 0.0585. The number of anilines is 5. The van der Waals surface area contributed by atoms with E-state index < -0.39 is 5.82 Å². The number of amides is 1. The molecule has 0 saturated heterocycles. The Morgan fingerprint density at radius 1 is 1.06 bits per heavy atom. The van der Waals surface area contributed by atoms with Crippen LogP contribution in [0.1, 0.15) is 5.56 Å². The van der Waals surface area contributed by atoms with Gasteiger partial charge in [-0.1, -0.05) is 29.8 Å². The Kier molecular flexibility index (Phi) is 6.70. The summed E-state index contributed by atoms with van der Waals surface area (Å²) in [7, 11) is 0. The normalized spacial score (nSPS) is 10.8. The fraction of sp³-hybridized carbons (Fsp3) is 0.0833. The summed E-state index contributed by atoms with van der Waals surface area (Å²) in [5.74, 6) is -0.553. The molecular formula is C24H22FN7O. The van der Waals surface area contributed by atoms with Crippen LogP contribution in [0.15, 0.2) is 85.3 Å². The predicted octanol–water partition coefficient (Wildman–Crippen LogP) is 4.80. The van der Waals surface area contributed by atoms with E-state index in [1.165, 1.54) is 6.08 Å². The summed E-state index contributed by atoms with van der Waals surface area (Å²) in [5, 5.41) is 12.9. The first kappa shape index (κ1) is 21.7. The van der Waals surface area contributed by atoms with E-state index in [9.17, 15) is 9.18 Å². The van der Waals surface area contributed by atoms with Gasteiger partial charge in [0, 0.05) is 35.5 Å². The van der Waals surface area contributed by atoms with E-state index >= 15 is 0 Å². The van der Waals surface area contributed by atoms with Crippen molar-refractivity contribution in [2.45, 2.75) is 13.5 Å². The second-order valence-electron chi connectivity index (χ2n) is 7.21. The largest absolute Gasteiger partial charge is 0.338 e. The van der Waals surface area contributed by atoms with Crippen LogP contribution in [-0.4, -0.2) is 25.7 Å². The Morgan fingerprint density at radius 3 is 2.67 bits per heavy atom. The zero-order chi connectivity index (χ0) is 23.0. The van der Waals surface area contributed by atoms with E-state index in [-0.39, 0.29) is 17.7 Å². The molecule has 0 spiro atoms. The molecule has 2 aromatic carbocycles. The number of allylic oxidation sites excluding steroid dienone is 1. The van der Waals surface area contributed by atoms with Gasteiger partial charge in [-0.05, 0) is 43.3 Å². The third-order valence-electron chi connectivity index (χ3n) is 4.57. The number of hydrogen-bond acceptors (Lipinski definition) is 6. The van der Waals surface area contributed by atoms with Crippen LogP contribution in [0.3, 0.4) is 0 Å². The number of carbonyl (C=O) groups is 1. The van der Waals surface area contributed by atoms with E-state index in [4.69, 9.17) is 0 Å². The highest BCUT2D eigenvalue weighted by Crippen LogP contribution is 2.22. The summed E-state index contributed by atoms with van der Waals surface area (Å²) in [6, 6.07) is 16.4. The lowest BCUT2D eigenvalue weighted by atomic mass is 10.2. The summed E-state index contributed by atoms with van der Waals surface area (Å²) in [4.78, 5) is 20.4. The minimum Gasteiger partial charge on any atom is -0.338 e. The molecule has 4 aromatic rings. The maximum Gasteiger partial charge on any atom is 0.248 e. The molecule has 33 heavy (non-hydrogen) atoms. The van der Waals surface area contributed by atoms with Crippen molar-refractivity contribution in [1.82, 2.24) is 19.7 Å². The third-order valence-corrected chi connectivity index (χ3v) is 4.57. The monoisotopic (exact) mass is 443 g/mol. The molecule has 0 radical (unpaired) electrons. The summed E-state index contributed by atoms with van der Waals surface area (Å²) in [6.07, 6.45) is 7.77. The average Bonchev–Trinajstić information content (AvgIpc) is 3.31. The summed E-state index contributed by atoms with van der Waals surface area (Å²) in [5.41, 5.74) is 3.05. The summed E-state index contributed by atoms with van der Waals surface area (Å²) < 4.78 is 15.9. The van der Waals surface area contributed by atoms with Crippen LogP contribution in [0.2, 0.25) is 0 Å². The Hall–Kier alpha value is -4.53. The molecule has 166 valence electrons. The van der Waals surface area contributed by atoms with Gasteiger partial charge in [0.1, 0.15) is 0 Å². The Bertz CT molecular complexity index is 1250. The first-order valence-corrected chi connectivity index (χ1v) is 10.2. The highest BCUT2D eigenvalue weighted by Gasteiger charge is 2.08. The SMILES string of the molecule is Cc1ccc(Nc2nc(Nc3cccc(NC(=O)/C=C/Cn4cccn4)c3)ncc2F)cc1. The second-order valence-corrected chi connectivity index (χ2v) is 7.21. The number of rotatable bonds is 8. The molecule has 8 nitrogen and oxygen atoms in total. The summed E-state index contributed by atoms with van der Waals surface area (Å²) >= 11 is 0. The number of aromatic nitrogens is 4. The van der Waals surface area contributed by atoms with Crippen LogP contribution in [0, 0.1) is 12.7 Å². The maximum absolute atomic E-state index is 14.2. The topological polar surface area (TPSA) is 96.8 Å². The lowest BCUT2D eigenvalue weighted by Gasteiger charge is -2.10. The molecule has 1 amide bonds. The van der Waals surface area contributed by atoms with Gasteiger partial charge < -0.3 is 16.0 Å². The van der Waals surface area contributed by atoms with Crippen molar-refractivity contribution in [3.05, 3.63) is 96.7 Å². The van der Waals surface area contributed by atoms with Gasteiger partial charge >= 0.3 is 0 Å². The van der Waals surface area contributed by atoms with E-state index in [0.29, 0.717) is 17.9 Å². The highest BCUT2D eigenvalue weighted by molar-refractivity contribution is 5.99. The van der Waals surface area contributed by atoms with Gasteiger partial charge in [0.25, 0.3) is 0 Å². The van der Waals surface area contributed by atoms with Gasteiger partial charge in [-0.2, -0.15) is 10.1 Å². The maximum atomic E-state index is 14.2. The Labute approximate surface area is 190 Å². The zero-order valence-electron chi connectivity index (χ0n) is 17.9. The molecule has 0 saturated carbocycles. The van der Waals surface area contributed by atoms with Crippen LogP contribution in [0.5, 0.6) is 0 Å². The fourth-order valence-electron chi connectivity index (χ4n) is 2.95. The van der Waals surface area contributed by atoms with E-state index in [0.717, 1.165) is 17.4 Å². The number of hydrogen-bond donors (Lipinski definition) is 3. The molecule has 2 heterocycles. The quantitative estimate of drug-likeness (QED) is 0.339. The zero-order valence-corrected chi connectivity index (χ0v) is 17.9. The van der Waals surface area contributed by atoms with Crippen molar-refractivity contribution in [3.63, 3.8) is 0 Å². The van der Waals surface area contributed by atoms with Gasteiger partial charge in [-0.25, -0.2) is 9.37 Å². The summed E-state index contributed by atoms with van der Waals surface area (Å²) in [6.45, 7) is 2.48. The standard InChI is InChI=1S/C24H22FN7O/c1-17-8-10-18(11-9-17)29-23-21(25)16-26-24(31-23)30-20-6-2-5-19(15-20)28-22(33)7-3-13-32-14-4-12-27-32/h2-12,14-16H,13H2,1H3,(H,28,33)(H2,26,29,30,31)/b7-3+. The molecule has 0 aliphatic rings. The smallest absolute Gasteiger partial charge is 0.248 e. The van der Waals surface area contributed by atoms with E-state index in [1.54, 1.807) is 41.2 Å². The number of nitrogens with zero attached hydrogens (tertiary/aromatic N) is 4. The van der Waals surface area contributed by atoms with E-state index in [2.05, 4.69) is 31.0 Å². The van der Waals surface area contributed by atoms with Gasteiger partial charge in [0.15, 0.2) is 11.6 Å². The molecule has 0 bridgehead atoms. The van der Waals surface area contributed by atoms with Crippen molar-refractivity contribution in [1.29, 1.82) is 0 Å². The van der Waals surface area contributed by atoms with Gasteiger partial charge in [-0.15, -0.1) is 0 Å². The van der Waals surface area contributed by atoms with Gasteiger partial charge in [0.05, 0.1) is 12.7 Å². The molecular weight excluding hydrogens is 421 g/mol. The van der Waals surface area contributed by atoms with E-state index in [1.807, 2.05) is 43.5 Å². The molecule has 0 fully saturated rings. The first-order chi connectivity index (χ1) is 16.0. The molecule has 0 atom stereocenters. The molecule has 4 rings (SSSR count). The first-order valence-electron chi connectivity index (χ1n) is 10.2. The number of carbonyl (C=O) groups excluding carboxylic acids is 1. The molecule has 0 unspecified atom stereocenters. The van der Waals surface area contributed by atoms with Crippen molar-refractivity contribution in [2.24, 2.45) is 0 Å². The van der Waals surface area contributed by atoms with Crippen LogP contribution in [0.4, 0.5) is 33.2 Å². The molecule has 2 aromatic heterocycles. The van der Waals surface area contributed by atoms with Gasteiger partial charge in [-0.3, -0.25) is 9.48 Å². The van der Waals surface area contributed by atoms with Crippen LogP contribution in [0.25, 0.3) is 0 Å². The predicted molar refractivity (Wildman–Crippen MR) is 126 cm³/mol. The lowest BCUT2D eigenvalue weighted by Crippen LogP contribution is -2.09. The van der Waals surface area contributed by atoms with Crippen LogP contribution in [-0.2, 0) is 11.3 Å². The number of benzene rings is 2. The molecule has 0 aliphatic carbocycles. The van der Waals surface area contributed by atoms with Crippen molar-refractivity contribution in [3.8, 4) is 0 Å². The number of halogens is 1. The van der Waals surface area contributed by atoms with Crippen LogP contribution < -0.4 is 16.0 Å². The highest BCUT2D eigenvalue weighted by atomic mass is 19.1. The Morgan fingerprint density at radius 2 is 1.88 bits per heavy atom. The number of nitrogens with one attached hydrogen (secondary N) is 3. The fourth-order valence-corrected chi connectivity index (χ4v) is 2.95. The van der Waals surface area contributed by atoms with Crippen molar-refractivity contribution >= 4 is 34.7 Å². The Balaban J connectivity index is 1.40. The lowest BCUT2D eigenvalue weighted by molar-refractivity contribution is -0.111. The molecule has 0 aliphatic heterocycles. The van der Waals surface area contributed by atoms with Gasteiger partial charge in [0.2, 0.25) is 11.9 Å². The average molecular weight is 443 g/mol. The third kappa shape index (κ3) is 6.23.